The predicted molar refractivity (Wildman–Crippen MR) is 66.3 cm³/mol. The van der Waals surface area contributed by atoms with E-state index in [1.54, 1.807) is 0 Å². The molecule has 0 amide bonds. The highest BCUT2D eigenvalue weighted by molar-refractivity contribution is 5.51. The summed E-state index contributed by atoms with van der Waals surface area (Å²) in [6, 6.07) is 2.15. The summed E-state index contributed by atoms with van der Waals surface area (Å²) in [5.74, 6) is 0.696. The summed E-state index contributed by atoms with van der Waals surface area (Å²) >= 11 is 0. The summed E-state index contributed by atoms with van der Waals surface area (Å²) in [5, 5.41) is 0. The molecule has 0 aliphatic carbocycles. The van der Waals surface area contributed by atoms with E-state index in [0.29, 0.717) is 5.92 Å². The lowest BCUT2D eigenvalue weighted by atomic mass is 10.0. The molecule has 84 valence electrons. The minimum atomic E-state index is 0.696. The van der Waals surface area contributed by atoms with Crippen LogP contribution in [0.3, 0.4) is 0 Å². The molecular formula is C13H22N2. The van der Waals surface area contributed by atoms with Gasteiger partial charge in [-0.15, -0.1) is 0 Å². The van der Waals surface area contributed by atoms with E-state index in [9.17, 15) is 0 Å². The average molecular weight is 206 g/mol. The molecule has 0 aliphatic rings. The van der Waals surface area contributed by atoms with Gasteiger partial charge in [0.05, 0.1) is 11.9 Å². The van der Waals surface area contributed by atoms with Crippen LogP contribution >= 0.6 is 0 Å². The van der Waals surface area contributed by atoms with Crippen LogP contribution in [0.5, 0.6) is 0 Å². The van der Waals surface area contributed by atoms with Crippen molar-refractivity contribution in [2.24, 2.45) is 5.92 Å². The van der Waals surface area contributed by atoms with Gasteiger partial charge in [-0.3, -0.25) is 4.98 Å². The first-order chi connectivity index (χ1) is 7.19. The van der Waals surface area contributed by atoms with E-state index in [0.717, 1.165) is 19.5 Å². The monoisotopic (exact) mass is 206 g/mol. The van der Waals surface area contributed by atoms with Crippen LogP contribution < -0.4 is 4.90 Å². The van der Waals surface area contributed by atoms with E-state index in [-0.39, 0.29) is 0 Å². The number of aromatic nitrogens is 1. The zero-order chi connectivity index (χ0) is 11.3. The molecule has 0 aromatic carbocycles. The molecule has 1 aromatic heterocycles. The summed E-state index contributed by atoms with van der Waals surface area (Å²) in [6.07, 6.45) is 5.02. The van der Waals surface area contributed by atoms with Crippen LogP contribution in [0.1, 0.15) is 33.3 Å². The fourth-order valence-electron chi connectivity index (χ4n) is 1.88. The Hall–Kier alpha value is -1.05. The molecular weight excluding hydrogens is 184 g/mol. The van der Waals surface area contributed by atoms with E-state index in [1.165, 1.54) is 11.3 Å². The summed E-state index contributed by atoms with van der Waals surface area (Å²) in [7, 11) is 0. The standard InChI is InChI=1S/C13H22N2/c1-5-15(6-2)13-10-14-8-7-12(13)9-11(3)4/h7-8,10-11H,5-6,9H2,1-4H3. The van der Waals surface area contributed by atoms with E-state index < -0.39 is 0 Å². The van der Waals surface area contributed by atoms with Gasteiger partial charge in [0.15, 0.2) is 0 Å². The van der Waals surface area contributed by atoms with Crippen LogP contribution in [0.25, 0.3) is 0 Å². The Morgan fingerprint density at radius 2 is 1.93 bits per heavy atom. The first-order valence-electron chi connectivity index (χ1n) is 5.86. The molecule has 2 nitrogen and oxygen atoms in total. The Bertz CT molecular complexity index is 290. The van der Waals surface area contributed by atoms with Gasteiger partial charge in [0.25, 0.3) is 0 Å². The molecule has 0 aliphatic heterocycles. The number of hydrogen-bond donors (Lipinski definition) is 0. The molecule has 15 heavy (non-hydrogen) atoms. The SMILES string of the molecule is CCN(CC)c1cnccc1CC(C)C. The fourth-order valence-corrected chi connectivity index (χ4v) is 1.88. The Kier molecular flexibility index (Phi) is 4.60. The lowest BCUT2D eigenvalue weighted by molar-refractivity contribution is 0.644. The summed E-state index contributed by atoms with van der Waals surface area (Å²) in [6.45, 7) is 11.0. The number of anilines is 1. The molecule has 0 saturated heterocycles. The van der Waals surface area contributed by atoms with Crippen LogP contribution in [0, 0.1) is 5.92 Å². The Balaban J connectivity index is 2.94. The minimum absolute atomic E-state index is 0.696. The van der Waals surface area contributed by atoms with Crippen molar-refractivity contribution in [1.82, 2.24) is 4.98 Å². The smallest absolute Gasteiger partial charge is 0.0585 e. The largest absolute Gasteiger partial charge is 0.371 e. The van der Waals surface area contributed by atoms with Crippen LogP contribution in [0.2, 0.25) is 0 Å². The second kappa shape index (κ2) is 5.74. The Morgan fingerprint density at radius 3 is 2.47 bits per heavy atom. The van der Waals surface area contributed by atoms with Gasteiger partial charge in [-0.2, -0.15) is 0 Å². The third-order valence-electron chi connectivity index (χ3n) is 2.62. The Morgan fingerprint density at radius 1 is 1.27 bits per heavy atom. The topological polar surface area (TPSA) is 16.1 Å². The summed E-state index contributed by atoms with van der Waals surface area (Å²) in [4.78, 5) is 6.59. The third kappa shape index (κ3) is 3.22. The lowest BCUT2D eigenvalue weighted by Gasteiger charge is -2.24. The van der Waals surface area contributed by atoms with Crippen LogP contribution in [0.4, 0.5) is 5.69 Å². The number of nitrogens with zero attached hydrogens (tertiary/aromatic N) is 2. The van der Waals surface area contributed by atoms with Crippen molar-refractivity contribution >= 4 is 5.69 Å². The van der Waals surface area contributed by atoms with Gasteiger partial charge in [-0.25, -0.2) is 0 Å². The van der Waals surface area contributed by atoms with Crippen LogP contribution in [-0.2, 0) is 6.42 Å². The van der Waals surface area contributed by atoms with Crippen molar-refractivity contribution in [2.75, 3.05) is 18.0 Å². The molecule has 1 aromatic rings. The molecule has 1 rings (SSSR count). The molecule has 0 spiro atoms. The van der Waals surface area contributed by atoms with Crippen LogP contribution in [0.15, 0.2) is 18.5 Å². The van der Waals surface area contributed by atoms with Crippen molar-refractivity contribution in [1.29, 1.82) is 0 Å². The van der Waals surface area contributed by atoms with Gasteiger partial charge in [0.1, 0.15) is 0 Å². The first-order valence-corrected chi connectivity index (χ1v) is 5.86. The van der Waals surface area contributed by atoms with Gasteiger partial charge in [0, 0.05) is 19.3 Å². The predicted octanol–water partition coefficient (Wildman–Crippen LogP) is 3.13. The number of rotatable bonds is 5. The third-order valence-corrected chi connectivity index (χ3v) is 2.62. The molecule has 1 heterocycles. The van der Waals surface area contributed by atoms with E-state index in [1.807, 2.05) is 12.4 Å². The molecule has 0 N–H and O–H groups in total. The molecule has 0 bridgehead atoms. The van der Waals surface area contributed by atoms with Crippen molar-refractivity contribution in [2.45, 2.75) is 34.1 Å². The zero-order valence-electron chi connectivity index (χ0n) is 10.3. The van der Waals surface area contributed by atoms with E-state index in [2.05, 4.69) is 43.6 Å². The molecule has 0 fully saturated rings. The van der Waals surface area contributed by atoms with Crippen molar-refractivity contribution in [3.63, 3.8) is 0 Å². The quantitative estimate of drug-likeness (QED) is 0.736. The van der Waals surface area contributed by atoms with Crippen molar-refractivity contribution < 1.29 is 0 Å². The molecule has 0 unspecified atom stereocenters. The van der Waals surface area contributed by atoms with Gasteiger partial charge >= 0.3 is 0 Å². The highest BCUT2D eigenvalue weighted by Crippen LogP contribution is 2.21. The van der Waals surface area contributed by atoms with Gasteiger partial charge in [0.2, 0.25) is 0 Å². The van der Waals surface area contributed by atoms with Gasteiger partial charge < -0.3 is 4.90 Å². The maximum atomic E-state index is 4.23. The first kappa shape index (κ1) is 12.0. The maximum Gasteiger partial charge on any atom is 0.0585 e. The molecule has 2 heteroatoms. The van der Waals surface area contributed by atoms with Crippen molar-refractivity contribution in [3.05, 3.63) is 24.0 Å². The second-order valence-electron chi connectivity index (χ2n) is 4.27. The molecule has 0 atom stereocenters. The van der Waals surface area contributed by atoms with E-state index in [4.69, 9.17) is 0 Å². The maximum absolute atomic E-state index is 4.23. The average Bonchev–Trinajstić information content (AvgIpc) is 2.21. The molecule has 0 radical (unpaired) electrons. The summed E-state index contributed by atoms with van der Waals surface area (Å²) < 4.78 is 0. The Labute approximate surface area is 93.3 Å². The zero-order valence-corrected chi connectivity index (χ0v) is 10.3. The summed E-state index contributed by atoms with van der Waals surface area (Å²) in [5.41, 5.74) is 2.72. The van der Waals surface area contributed by atoms with E-state index >= 15 is 0 Å². The fraction of sp³-hybridized carbons (Fsp3) is 0.615. The van der Waals surface area contributed by atoms with Gasteiger partial charge in [-0.1, -0.05) is 13.8 Å². The number of hydrogen-bond acceptors (Lipinski definition) is 2. The number of pyridine rings is 1. The lowest BCUT2D eigenvalue weighted by Crippen LogP contribution is -2.23. The van der Waals surface area contributed by atoms with Gasteiger partial charge in [-0.05, 0) is 37.8 Å². The normalized spacial score (nSPS) is 10.7. The second-order valence-corrected chi connectivity index (χ2v) is 4.27. The minimum Gasteiger partial charge on any atom is -0.371 e. The van der Waals surface area contributed by atoms with Crippen molar-refractivity contribution in [3.8, 4) is 0 Å². The van der Waals surface area contributed by atoms with Crippen LogP contribution in [-0.4, -0.2) is 18.1 Å². The highest BCUT2D eigenvalue weighted by atomic mass is 15.1. The highest BCUT2D eigenvalue weighted by Gasteiger charge is 2.09. The molecule has 0 saturated carbocycles.